The normalized spacial score (nSPS) is 18.9. The van der Waals surface area contributed by atoms with E-state index in [4.69, 9.17) is 0 Å². The van der Waals surface area contributed by atoms with Gasteiger partial charge in [0, 0.05) is 12.2 Å². The zero-order valence-corrected chi connectivity index (χ0v) is 11.4. The number of aromatic nitrogens is 2. The second-order valence-electron chi connectivity index (χ2n) is 5.55. The maximum Gasteiger partial charge on any atom is 0.435 e. The van der Waals surface area contributed by atoms with Gasteiger partial charge in [-0.1, -0.05) is 0 Å². The molecule has 7 heteroatoms. The highest BCUT2D eigenvalue weighted by Gasteiger charge is 2.46. The third-order valence-corrected chi connectivity index (χ3v) is 3.36. The van der Waals surface area contributed by atoms with Gasteiger partial charge in [0.2, 0.25) is 0 Å². The summed E-state index contributed by atoms with van der Waals surface area (Å²) in [6.45, 7) is 3.96. The fraction of sp³-hybridized carbons (Fsp3) is 0.692. The predicted octanol–water partition coefficient (Wildman–Crippen LogP) is 2.57. The van der Waals surface area contributed by atoms with Crippen molar-refractivity contribution in [3.63, 3.8) is 0 Å². The molecular weight excluding hydrogens is 269 g/mol. The van der Waals surface area contributed by atoms with Gasteiger partial charge in [-0.05, 0) is 38.7 Å². The minimum Gasteiger partial charge on any atom is -0.295 e. The van der Waals surface area contributed by atoms with E-state index in [2.05, 4.69) is 16.5 Å². The van der Waals surface area contributed by atoms with Crippen LogP contribution in [0.15, 0.2) is 12.3 Å². The van der Waals surface area contributed by atoms with Gasteiger partial charge in [-0.2, -0.15) is 23.5 Å². The summed E-state index contributed by atoms with van der Waals surface area (Å²) in [5, 5.41) is 16.2. The standard InChI is InChI=1S/C13H17F3N4/c1-9(2)18-12(7-17,10-3-4-10)8-20-6-5-11(19-20)13(14,15)16/h5-6,9-10,18H,3-4,8H2,1-2H3. The number of nitrogens with zero attached hydrogens (tertiary/aromatic N) is 3. The SMILES string of the molecule is CC(C)NC(C#N)(Cn1ccc(C(F)(F)F)n1)C1CC1. The van der Waals surface area contributed by atoms with Crippen molar-refractivity contribution in [1.82, 2.24) is 15.1 Å². The molecule has 1 heterocycles. The highest BCUT2D eigenvalue weighted by atomic mass is 19.4. The average Bonchev–Trinajstić information content (AvgIpc) is 3.07. The van der Waals surface area contributed by atoms with Crippen molar-refractivity contribution in [3.05, 3.63) is 18.0 Å². The molecule has 0 aromatic carbocycles. The third kappa shape index (κ3) is 3.12. The van der Waals surface area contributed by atoms with E-state index in [-0.39, 0.29) is 18.5 Å². The van der Waals surface area contributed by atoms with Gasteiger partial charge in [-0.15, -0.1) is 0 Å². The Labute approximate surface area is 115 Å². The first kappa shape index (κ1) is 14.9. The first-order chi connectivity index (χ1) is 9.27. The summed E-state index contributed by atoms with van der Waals surface area (Å²) in [7, 11) is 0. The van der Waals surface area contributed by atoms with Crippen molar-refractivity contribution < 1.29 is 13.2 Å². The summed E-state index contributed by atoms with van der Waals surface area (Å²) in [5.41, 5.74) is -1.77. The van der Waals surface area contributed by atoms with Crippen LogP contribution in [0.5, 0.6) is 0 Å². The van der Waals surface area contributed by atoms with Crippen LogP contribution in [0.25, 0.3) is 0 Å². The predicted molar refractivity (Wildman–Crippen MR) is 66.6 cm³/mol. The van der Waals surface area contributed by atoms with Gasteiger partial charge in [0.1, 0.15) is 5.54 Å². The van der Waals surface area contributed by atoms with E-state index < -0.39 is 17.4 Å². The Morgan fingerprint density at radius 2 is 2.15 bits per heavy atom. The largest absolute Gasteiger partial charge is 0.435 e. The molecule has 1 fully saturated rings. The van der Waals surface area contributed by atoms with Crippen molar-refractivity contribution in [2.75, 3.05) is 0 Å². The molecule has 4 nitrogen and oxygen atoms in total. The molecule has 1 aromatic heterocycles. The van der Waals surface area contributed by atoms with Crippen LogP contribution in [0.2, 0.25) is 0 Å². The Morgan fingerprint density at radius 1 is 1.50 bits per heavy atom. The molecule has 0 amide bonds. The van der Waals surface area contributed by atoms with Crippen molar-refractivity contribution >= 4 is 0 Å². The second kappa shape index (κ2) is 5.09. The van der Waals surface area contributed by atoms with Crippen LogP contribution in [0.3, 0.4) is 0 Å². The van der Waals surface area contributed by atoms with E-state index in [1.165, 1.54) is 10.9 Å². The summed E-state index contributed by atoms with van der Waals surface area (Å²) >= 11 is 0. The molecule has 1 atom stereocenters. The fourth-order valence-electron chi connectivity index (χ4n) is 2.40. The van der Waals surface area contributed by atoms with E-state index in [0.717, 1.165) is 18.9 Å². The molecule has 0 bridgehead atoms. The van der Waals surface area contributed by atoms with E-state index in [9.17, 15) is 18.4 Å². The lowest BCUT2D eigenvalue weighted by atomic mass is 9.94. The van der Waals surface area contributed by atoms with Gasteiger partial charge in [-0.3, -0.25) is 10.00 Å². The van der Waals surface area contributed by atoms with E-state index in [1.807, 2.05) is 13.8 Å². The lowest BCUT2D eigenvalue weighted by Gasteiger charge is -2.30. The Bertz CT molecular complexity index is 510. The minimum atomic E-state index is -4.45. The summed E-state index contributed by atoms with van der Waals surface area (Å²) in [5.74, 6) is 0.174. The van der Waals surface area contributed by atoms with Crippen molar-refractivity contribution in [2.45, 2.75) is 51.0 Å². The summed E-state index contributed by atoms with van der Waals surface area (Å²) in [4.78, 5) is 0. The molecule has 0 radical (unpaired) electrons. The number of nitrogens with one attached hydrogen (secondary N) is 1. The van der Waals surface area contributed by atoms with Gasteiger partial charge in [-0.25, -0.2) is 0 Å². The maximum absolute atomic E-state index is 12.5. The second-order valence-corrected chi connectivity index (χ2v) is 5.55. The molecule has 0 aliphatic heterocycles. The summed E-state index contributed by atoms with van der Waals surface area (Å²) < 4.78 is 38.8. The molecule has 110 valence electrons. The van der Waals surface area contributed by atoms with Crippen LogP contribution in [0, 0.1) is 17.2 Å². The third-order valence-electron chi connectivity index (χ3n) is 3.36. The Balaban J connectivity index is 2.20. The van der Waals surface area contributed by atoms with Gasteiger partial charge < -0.3 is 0 Å². The number of hydrogen-bond donors (Lipinski definition) is 1. The number of nitriles is 1. The van der Waals surface area contributed by atoms with Crippen molar-refractivity contribution in [2.24, 2.45) is 5.92 Å². The molecule has 1 saturated carbocycles. The Morgan fingerprint density at radius 3 is 2.55 bits per heavy atom. The van der Waals surface area contributed by atoms with E-state index >= 15 is 0 Å². The number of alkyl halides is 3. The summed E-state index contributed by atoms with van der Waals surface area (Å²) in [6.07, 6.45) is -1.34. The van der Waals surface area contributed by atoms with Crippen LogP contribution in [-0.4, -0.2) is 21.4 Å². The van der Waals surface area contributed by atoms with Gasteiger partial charge in [0.05, 0.1) is 12.6 Å². The molecule has 1 N–H and O–H groups in total. The zero-order chi connectivity index (χ0) is 15.0. The van der Waals surface area contributed by atoms with Gasteiger partial charge in [0.15, 0.2) is 5.69 Å². The molecule has 0 spiro atoms. The Kier molecular flexibility index (Phi) is 3.78. The quantitative estimate of drug-likeness (QED) is 0.905. The van der Waals surface area contributed by atoms with Crippen molar-refractivity contribution in [3.8, 4) is 6.07 Å². The highest BCUT2D eigenvalue weighted by Crippen LogP contribution is 2.40. The lowest BCUT2D eigenvalue weighted by molar-refractivity contribution is -0.141. The number of rotatable bonds is 5. The number of halogens is 3. The topological polar surface area (TPSA) is 53.6 Å². The van der Waals surface area contributed by atoms with Crippen LogP contribution >= 0.6 is 0 Å². The molecular formula is C13H17F3N4. The molecule has 0 saturated heterocycles. The molecule has 1 aromatic rings. The molecule has 20 heavy (non-hydrogen) atoms. The first-order valence-corrected chi connectivity index (χ1v) is 6.56. The monoisotopic (exact) mass is 286 g/mol. The smallest absolute Gasteiger partial charge is 0.295 e. The van der Waals surface area contributed by atoms with E-state index in [0.29, 0.717) is 0 Å². The lowest BCUT2D eigenvalue weighted by Crippen LogP contribution is -2.52. The Hall–Kier alpha value is -1.55. The van der Waals surface area contributed by atoms with Gasteiger partial charge in [0.25, 0.3) is 0 Å². The fourth-order valence-corrected chi connectivity index (χ4v) is 2.40. The van der Waals surface area contributed by atoms with Gasteiger partial charge >= 0.3 is 6.18 Å². The zero-order valence-electron chi connectivity index (χ0n) is 11.4. The first-order valence-electron chi connectivity index (χ1n) is 6.56. The van der Waals surface area contributed by atoms with Crippen LogP contribution in [-0.2, 0) is 12.7 Å². The molecule has 1 aliphatic rings. The average molecular weight is 286 g/mol. The minimum absolute atomic E-state index is 0.0768. The molecule has 1 unspecified atom stereocenters. The van der Waals surface area contributed by atoms with Crippen LogP contribution < -0.4 is 5.32 Å². The van der Waals surface area contributed by atoms with Crippen molar-refractivity contribution in [1.29, 1.82) is 5.26 Å². The van der Waals surface area contributed by atoms with Crippen LogP contribution in [0.4, 0.5) is 13.2 Å². The number of hydrogen-bond acceptors (Lipinski definition) is 3. The molecule has 2 rings (SSSR count). The maximum atomic E-state index is 12.5. The van der Waals surface area contributed by atoms with E-state index in [1.54, 1.807) is 0 Å². The van der Waals surface area contributed by atoms with Crippen LogP contribution in [0.1, 0.15) is 32.4 Å². The summed E-state index contributed by atoms with van der Waals surface area (Å²) in [6, 6.07) is 3.26. The highest BCUT2D eigenvalue weighted by molar-refractivity contribution is 5.16. The molecule has 1 aliphatic carbocycles.